The molecule has 0 aliphatic carbocycles. The highest BCUT2D eigenvalue weighted by atomic mass is 35.5. The van der Waals surface area contributed by atoms with E-state index in [-0.39, 0.29) is 21.3 Å². The first-order chi connectivity index (χ1) is 12.2. The second-order valence-corrected chi connectivity index (χ2v) is 6.13. The summed E-state index contributed by atoms with van der Waals surface area (Å²) in [6.07, 6.45) is -4.01. The lowest BCUT2D eigenvalue weighted by Crippen LogP contribution is -2.25. The number of benzene rings is 2. The lowest BCUT2D eigenvalue weighted by molar-refractivity contribution is -0.114. The maximum Gasteiger partial charge on any atom is 0.435 e. The maximum absolute atomic E-state index is 13.4. The third-order valence-corrected chi connectivity index (χ3v) is 4.01. The quantitative estimate of drug-likeness (QED) is 0.717. The zero-order valence-corrected chi connectivity index (χ0v) is 14.3. The molecule has 9 heteroatoms. The molecule has 0 aromatic heterocycles. The maximum atomic E-state index is 13.4. The Hall–Kier alpha value is -2.51. The number of phenols is 1. The largest absolute Gasteiger partial charge is 0.506 e. The van der Waals surface area contributed by atoms with Gasteiger partial charge in [0.1, 0.15) is 5.75 Å². The molecule has 1 aliphatic rings. The number of carbonyl (C=O) groups is 1. The summed E-state index contributed by atoms with van der Waals surface area (Å²) in [4.78, 5) is 12.5. The van der Waals surface area contributed by atoms with E-state index in [9.17, 15) is 23.1 Å². The van der Waals surface area contributed by atoms with Gasteiger partial charge in [0.2, 0.25) is 0 Å². The van der Waals surface area contributed by atoms with E-state index >= 15 is 0 Å². The van der Waals surface area contributed by atoms with E-state index in [1.807, 2.05) is 0 Å². The number of anilines is 1. The fraction of sp³-hybridized carbons (Fsp3) is 0.0588. The van der Waals surface area contributed by atoms with Crippen LogP contribution in [-0.4, -0.2) is 22.9 Å². The molecule has 0 radical (unpaired) electrons. The molecule has 1 aliphatic heterocycles. The van der Waals surface area contributed by atoms with Crippen LogP contribution in [-0.2, 0) is 4.79 Å². The molecule has 2 aromatic carbocycles. The van der Waals surface area contributed by atoms with Crippen LogP contribution in [0.5, 0.6) is 5.75 Å². The fourth-order valence-corrected chi connectivity index (χ4v) is 2.86. The minimum absolute atomic E-state index is 0.0931. The molecule has 0 spiro atoms. The highest BCUT2D eigenvalue weighted by Gasteiger charge is 2.46. The van der Waals surface area contributed by atoms with Crippen molar-refractivity contribution in [3.63, 3.8) is 0 Å². The Morgan fingerprint density at radius 1 is 1.12 bits per heavy atom. The SMILES string of the molecule is O=C1/C(=C\c2cc(Cl)cc(Cl)c2O)C(C(F)(F)F)=NN1c1ccccc1. The standard InChI is InChI=1S/C17H9Cl2F3N2O2/c18-10-6-9(14(25)13(19)8-10)7-12-15(17(20,21)22)23-24(16(12)26)11-4-2-1-3-5-11/h1-8,25H/b12-7-. The summed E-state index contributed by atoms with van der Waals surface area (Å²) in [5, 5.41) is 14.0. The van der Waals surface area contributed by atoms with Crippen LogP contribution in [0.3, 0.4) is 0 Å². The summed E-state index contributed by atoms with van der Waals surface area (Å²) in [6, 6.07) is 10.1. The predicted molar refractivity (Wildman–Crippen MR) is 93.5 cm³/mol. The van der Waals surface area contributed by atoms with Crippen molar-refractivity contribution < 1.29 is 23.1 Å². The first kappa shape index (κ1) is 18.3. The second-order valence-electron chi connectivity index (χ2n) is 5.28. The number of alkyl halides is 3. The summed E-state index contributed by atoms with van der Waals surface area (Å²) in [7, 11) is 0. The molecule has 1 amide bonds. The molecule has 2 aromatic rings. The monoisotopic (exact) mass is 400 g/mol. The van der Waals surface area contributed by atoms with E-state index in [0.717, 1.165) is 6.08 Å². The Balaban J connectivity index is 2.14. The highest BCUT2D eigenvalue weighted by Crippen LogP contribution is 2.36. The Labute approximate surface area is 155 Å². The van der Waals surface area contributed by atoms with E-state index in [1.54, 1.807) is 18.2 Å². The van der Waals surface area contributed by atoms with Crippen LogP contribution < -0.4 is 5.01 Å². The number of phenolic OH excluding ortho intramolecular Hbond substituents is 1. The molecule has 0 fully saturated rings. The Morgan fingerprint density at radius 3 is 2.38 bits per heavy atom. The molecule has 0 bridgehead atoms. The van der Waals surface area contributed by atoms with Crippen LogP contribution in [0.4, 0.5) is 18.9 Å². The Kier molecular flexibility index (Phi) is 4.68. The van der Waals surface area contributed by atoms with Gasteiger partial charge in [-0.25, -0.2) is 0 Å². The topological polar surface area (TPSA) is 52.9 Å². The highest BCUT2D eigenvalue weighted by molar-refractivity contribution is 6.37. The van der Waals surface area contributed by atoms with Gasteiger partial charge in [0.15, 0.2) is 5.71 Å². The van der Waals surface area contributed by atoms with Crippen molar-refractivity contribution in [3.8, 4) is 5.75 Å². The van der Waals surface area contributed by atoms with E-state index in [1.165, 1.54) is 24.3 Å². The van der Waals surface area contributed by atoms with Gasteiger partial charge >= 0.3 is 6.18 Å². The van der Waals surface area contributed by atoms with Gasteiger partial charge in [0, 0.05) is 10.6 Å². The van der Waals surface area contributed by atoms with Crippen LogP contribution in [0.1, 0.15) is 5.56 Å². The summed E-state index contributed by atoms with van der Waals surface area (Å²) >= 11 is 11.6. The first-order valence-corrected chi connectivity index (χ1v) is 7.89. The first-order valence-electron chi connectivity index (χ1n) is 7.14. The van der Waals surface area contributed by atoms with Gasteiger partial charge in [-0.15, -0.1) is 0 Å². The number of nitrogens with zero attached hydrogens (tertiary/aromatic N) is 2. The van der Waals surface area contributed by atoms with E-state index in [0.29, 0.717) is 5.01 Å². The molecular formula is C17H9Cl2F3N2O2. The molecule has 1 N–H and O–H groups in total. The second kappa shape index (κ2) is 6.66. The van der Waals surface area contributed by atoms with Crippen molar-refractivity contribution in [2.75, 3.05) is 5.01 Å². The molecular weight excluding hydrogens is 392 g/mol. The van der Waals surface area contributed by atoms with Crippen molar-refractivity contribution in [3.05, 3.63) is 63.6 Å². The van der Waals surface area contributed by atoms with Gasteiger partial charge in [-0.1, -0.05) is 41.4 Å². The van der Waals surface area contributed by atoms with E-state index in [4.69, 9.17) is 23.2 Å². The lowest BCUT2D eigenvalue weighted by atomic mass is 10.1. The normalized spacial score (nSPS) is 16.3. The van der Waals surface area contributed by atoms with Crippen LogP contribution in [0.2, 0.25) is 10.0 Å². The number of aromatic hydroxyl groups is 1. The summed E-state index contributed by atoms with van der Waals surface area (Å²) in [6.45, 7) is 0. The number of rotatable bonds is 2. The molecule has 3 rings (SSSR count). The van der Waals surface area contributed by atoms with Gasteiger partial charge < -0.3 is 5.11 Å². The van der Waals surface area contributed by atoms with E-state index < -0.39 is 29.1 Å². The zero-order chi connectivity index (χ0) is 19.1. The number of amides is 1. The third kappa shape index (κ3) is 3.40. The summed E-state index contributed by atoms with van der Waals surface area (Å²) in [5.74, 6) is -1.48. The Bertz CT molecular complexity index is 941. The van der Waals surface area contributed by atoms with Gasteiger partial charge in [-0.3, -0.25) is 4.79 Å². The van der Waals surface area contributed by atoms with Crippen LogP contribution in [0.25, 0.3) is 6.08 Å². The molecule has 4 nitrogen and oxygen atoms in total. The van der Waals surface area contributed by atoms with Crippen molar-refractivity contribution in [2.24, 2.45) is 5.10 Å². The van der Waals surface area contributed by atoms with Crippen LogP contribution >= 0.6 is 23.2 Å². The van der Waals surface area contributed by atoms with Crippen LogP contribution in [0, 0.1) is 0 Å². The molecule has 26 heavy (non-hydrogen) atoms. The molecule has 134 valence electrons. The predicted octanol–water partition coefficient (Wildman–Crippen LogP) is 5.05. The van der Waals surface area contributed by atoms with Crippen LogP contribution in [0.15, 0.2) is 53.1 Å². The van der Waals surface area contributed by atoms with Gasteiger partial charge in [0.05, 0.1) is 16.3 Å². The minimum atomic E-state index is -4.87. The molecule has 1 heterocycles. The van der Waals surface area contributed by atoms with Gasteiger partial charge in [-0.2, -0.15) is 23.3 Å². The number of hydrogen-bond acceptors (Lipinski definition) is 3. The number of hydrogen-bond donors (Lipinski definition) is 1. The molecule has 0 unspecified atom stereocenters. The zero-order valence-electron chi connectivity index (χ0n) is 12.8. The average Bonchev–Trinajstić information content (AvgIpc) is 2.90. The van der Waals surface area contributed by atoms with E-state index in [2.05, 4.69) is 5.10 Å². The average molecular weight is 401 g/mol. The number of carbonyl (C=O) groups excluding carboxylic acids is 1. The lowest BCUT2D eigenvalue weighted by Gasteiger charge is -2.11. The molecule has 0 atom stereocenters. The molecule has 0 saturated heterocycles. The van der Waals surface area contributed by atoms with Gasteiger partial charge in [0.25, 0.3) is 5.91 Å². The van der Waals surface area contributed by atoms with Crippen molar-refractivity contribution in [1.29, 1.82) is 0 Å². The Morgan fingerprint density at radius 2 is 1.77 bits per heavy atom. The number of para-hydroxylation sites is 1. The van der Waals surface area contributed by atoms with Crippen molar-refractivity contribution >= 4 is 46.6 Å². The third-order valence-electron chi connectivity index (χ3n) is 3.50. The minimum Gasteiger partial charge on any atom is -0.506 e. The number of hydrazone groups is 1. The number of halogens is 5. The van der Waals surface area contributed by atoms with Crippen molar-refractivity contribution in [2.45, 2.75) is 6.18 Å². The van der Waals surface area contributed by atoms with Crippen molar-refractivity contribution in [1.82, 2.24) is 0 Å². The molecule has 0 saturated carbocycles. The van der Waals surface area contributed by atoms with Gasteiger partial charge in [-0.05, 0) is 30.3 Å². The summed E-state index contributed by atoms with van der Waals surface area (Å²) < 4.78 is 40.1. The smallest absolute Gasteiger partial charge is 0.435 e. The fourth-order valence-electron chi connectivity index (χ4n) is 2.35. The summed E-state index contributed by atoms with van der Waals surface area (Å²) in [5.41, 5.74) is -2.05.